The molecule has 0 bridgehead atoms. The fourth-order valence-electron chi connectivity index (χ4n) is 3.58. The fourth-order valence-corrected chi connectivity index (χ4v) is 3.58. The number of ether oxygens (including phenoxy) is 4. The molecule has 0 aromatic heterocycles. The molecule has 0 N–H and O–H groups in total. The molecule has 35 heavy (non-hydrogen) atoms. The summed E-state index contributed by atoms with van der Waals surface area (Å²) in [6.07, 6.45) is 1.82. The van der Waals surface area contributed by atoms with Crippen molar-refractivity contribution in [2.45, 2.75) is 13.8 Å². The minimum absolute atomic E-state index is 0.164. The second-order valence-corrected chi connectivity index (χ2v) is 7.71. The molecule has 1 aliphatic rings. The number of anilines is 1. The largest absolute Gasteiger partial charge is 0.497 e. The molecule has 3 aromatic rings. The summed E-state index contributed by atoms with van der Waals surface area (Å²) in [7, 11) is 1.63. The van der Waals surface area contributed by atoms with Gasteiger partial charge in [0.25, 0.3) is 5.91 Å². The van der Waals surface area contributed by atoms with Gasteiger partial charge in [-0.05, 0) is 74.0 Å². The number of benzene rings is 3. The predicted molar refractivity (Wildman–Crippen MR) is 137 cm³/mol. The molecule has 0 saturated carbocycles. The molecular formula is C28H28N2O5. The third kappa shape index (κ3) is 5.81. The molecular weight excluding hydrogens is 444 g/mol. The van der Waals surface area contributed by atoms with E-state index in [-0.39, 0.29) is 5.91 Å². The van der Waals surface area contributed by atoms with Crippen molar-refractivity contribution in [3.8, 4) is 23.0 Å². The molecule has 7 nitrogen and oxygen atoms in total. The van der Waals surface area contributed by atoms with Gasteiger partial charge in [-0.2, -0.15) is 10.1 Å². The lowest BCUT2D eigenvalue weighted by atomic mass is 10.1. The zero-order chi connectivity index (χ0) is 24.6. The lowest BCUT2D eigenvalue weighted by Gasteiger charge is -2.14. The third-order valence-electron chi connectivity index (χ3n) is 5.31. The molecule has 0 radical (unpaired) electrons. The summed E-state index contributed by atoms with van der Waals surface area (Å²) in [5, 5.41) is 5.86. The highest BCUT2D eigenvalue weighted by Crippen LogP contribution is 2.31. The van der Waals surface area contributed by atoms with Crippen molar-refractivity contribution in [3.63, 3.8) is 0 Å². The molecule has 0 fully saturated rings. The molecule has 1 aliphatic heterocycles. The van der Waals surface area contributed by atoms with Gasteiger partial charge >= 0.3 is 0 Å². The molecule has 0 atom stereocenters. The maximum absolute atomic E-state index is 13.0. The van der Waals surface area contributed by atoms with Crippen LogP contribution in [0.5, 0.6) is 23.0 Å². The van der Waals surface area contributed by atoms with Gasteiger partial charge in [0.15, 0.2) is 11.5 Å². The number of amides is 1. The summed E-state index contributed by atoms with van der Waals surface area (Å²) in [4.78, 5) is 13.0. The Kier molecular flexibility index (Phi) is 7.67. The minimum atomic E-state index is -0.164. The second-order valence-electron chi connectivity index (χ2n) is 7.71. The lowest BCUT2D eigenvalue weighted by molar-refractivity contribution is -0.114. The summed E-state index contributed by atoms with van der Waals surface area (Å²) in [6, 6.07) is 22.4. The van der Waals surface area contributed by atoms with Crippen molar-refractivity contribution in [2.75, 3.05) is 31.9 Å². The van der Waals surface area contributed by atoms with Gasteiger partial charge in [-0.15, -0.1) is 0 Å². The SMILES string of the molecule is CCOc1cc(/C=C2\C(=O)N(c3ccccc3)N=C2C)ccc1OCCOc1ccc(OC)cc1. The first-order valence-electron chi connectivity index (χ1n) is 11.4. The summed E-state index contributed by atoms with van der Waals surface area (Å²) < 4.78 is 22.6. The van der Waals surface area contributed by atoms with Crippen LogP contribution in [0.15, 0.2) is 83.5 Å². The first kappa shape index (κ1) is 23.9. The quantitative estimate of drug-likeness (QED) is 0.294. The Bertz CT molecular complexity index is 1220. The molecule has 0 aliphatic carbocycles. The number of carbonyl (C=O) groups is 1. The van der Waals surface area contributed by atoms with E-state index < -0.39 is 0 Å². The Morgan fingerprint density at radius 2 is 1.57 bits per heavy atom. The van der Waals surface area contributed by atoms with Crippen LogP contribution in [0.1, 0.15) is 19.4 Å². The van der Waals surface area contributed by atoms with Crippen LogP contribution in [0.25, 0.3) is 6.08 Å². The van der Waals surface area contributed by atoms with E-state index in [1.165, 1.54) is 5.01 Å². The van der Waals surface area contributed by atoms with E-state index in [0.717, 1.165) is 22.7 Å². The Balaban J connectivity index is 1.42. The van der Waals surface area contributed by atoms with Crippen molar-refractivity contribution in [2.24, 2.45) is 5.10 Å². The second kappa shape index (κ2) is 11.2. The van der Waals surface area contributed by atoms with Gasteiger partial charge in [0.2, 0.25) is 0 Å². The zero-order valence-electron chi connectivity index (χ0n) is 20.1. The molecule has 7 heteroatoms. The van der Waals surface area contributed by atoms with Crippen LogP contribution in [0.2, 0.25) is 0 Å². The first-order valence-corrected chi connectivity index (χ1v) is 11.4. The van der Waals surface area contributed by atoms with E-state index >= 15 is 0 Å². The standard InChI is InChI=1S/C28H28N2O5/c1-4-33-27-19-21(18-25-20(2)29-30(28(25)31)22-8-6-5-7-9-22)10-15-26(27)35-17-16-34-24-13-11-23(32-3)12-14-24/h5-15,18-19H,4,16-17H2,1-3H3/b25-18-. The smallest absolute Gasteiger partial charge is 0.280 e. The number of hydrogen-bond acceptors (Lipinski definition) is 6. The van der Waals surface area contributed by atoms with Gasteiger partial charge in [0.1, 0.15) is 24.7 Å². The number of carbonyl (C=O) groups excluding carboxylic acids is 1. The lowest BCUT2D eigenvalue weighted by Crippen LogP contribution is -2.21. The molecule has 0 unspecified atom stereocenters. The Morgan fingerprint density at radius 3 is 2.29 bits per heavy atom. The van der Waals surface area contributed by atoms with Gasteiger partial charge in [-0.3, -0.25) is 4.79 Å². The normalized spacial score (nSPS) is 14.1. The molecule has 0 saturated heterocycles. The number of para-hydroxylation sites is 1. The van der Waals surface area contributed by atoms with E-state index in [1.807, 2.05) is 92.7 Å². The van der Waals surface area contributed by atoms with E-state index in [9.17, 15) is 4.79 Å². The number of rotatable bonds is 10. The summed E-state index contributed by atoms with van der Waals surface area (Å²) in [5.74, 6) is 2.57. The predicted octanol–water partition coefficient (Wildman–Crippen LogP) is 5.36. The van der Waals surface area contributed by atoms with Gasteiger partial charge in [-0.1, -0.05) is 24.3 Å². The third-order valence-corrected chi connectivity index (χ3v) is 5.31. The number of nitrogens with zero attached hydrogens (tertiary/aromatic N) is 2. The minimum Gasteiger partial charge on any atom is -0.497 e. The molecule has 3 aromatic carbocycles. The Morgan fingerprint density at radius 1 is 0.857 bits per heavy atom. The van der Waals surface area contributed by atoms with Gasteiger partial charge < -0.3 is 18.9 Å². The van der Waals surface area contributed by atoms with Crippen molar-refractivity contribution < 1.29 is 23.7 Å². The van der Waals surface area contributed by atoms with Crippen molar-refractivity contribution in [1.82, 2.24) is 0 Å². The summed E-state index contributed by atoms with van der Waals surface area (Å²) in [6.45, 7) is 4.96. The topological polar surface area (TPSA) is 69.6 Å². The molecule has 0 spiro atoms. The van der Waals surface area contributed by atoms with E-state index in [2.05, 4.69) is 5.10 Å². The summed E-state index contributed by atoms with van der Waals surface area (Å²) in [5.41, 5.74) is 2.75. The monoisotopic (exact) mass is 472 g/mol. The van der Waals surface area contributed by atoms with E-state index in [4.69, 9.17) is 18.9 Å². The average Bonchev–Trinajstić information content (AvgIpc) is 3.17. The van der Waals surface area contributed by atoms with Crippen molar-refractivity contribution in [1.29, 1.82) is 0 Å². The fraction of sp³-hybridized carbons (Fsp3) is 0.214. The van der Waals surface area contributed by atoms with Crippen LogP contribution in [0.4, 0.5) is 5.69 Å². The van der Waals surface area contributed by atoms with Crippen LogP contribution in [-0.4, -0.2) is 38.5 Å². The number of hydrazone groups is 1. The van der Waals surface area contributed by atoms with E-state index in [1.54, 1.807) is 7.11 Å². The molecule has 180 valence electrons. The highest BCUT2D eigenvalue weighted by molar-refractivity contribution is 6.32. The van der Waals surface area contributed by atoms with Gasteiger partial charge in [0.05, 0.1) is 30.7 Å². The highest BCUT2D eigenvalue weighted by atomic mass is 16.5. The zero-order valence-corrected chi connectivity index (χ0v) is 20.1. The van der Waals surface area contributed by atoms with Crippen LogP contribution in [0.3, 0.4) is 0 Å². The maximum Gasteiger partial charge on any atom is 0.280 e. The summed E-state index contributed by atoms with van der Waals surface area (Å²) >= 11 is 0. The molecule has 1 heterocycles. The van der Waals surface area contributed by atoms with Crippen LogP contribution < -0.4 is 24.0 Å². The van der Waals surface area contributed by atoms with Crippen molar-refractivity contribution in [3.05, 3.63) is 83.9 Å². The maximum atomic E-state index is 13.0. The Labute approximate surface area is 205 Å². The molecule has 1 amide bonds. The van der Waals surface area contributed by atoms with Crippen LogP contribution in [0, 0.1) is 0 Å². The first-order chi connectivity index (χ1) is 17.1. The number of methoxy groups -OCH3 is 1. The van der Waals surface area contributed by atoms with Crippen LogP contribution >= 0.6 is 0 Å². The van der Waals surface area contributed by atoms with Crippen LogP contribution in [-0.2, 0) is 4.79 Å². The molecule has 4 rings (SSSR count). The van der Waals surface area contributed by atoms with Gasteiger partial charge in [-0.25, -0.2) is 0 Å². The van der Waals surface area contributed by atoms with Gasteiger partial charge in [0, 0.05) is 0 Å². The average molecular weight is 473 g/mol. The number of hydrogen-bond donors (Lipinski definition) is 0. The van der Waals surface area contributed by atoms with Crippen molar-refractivity contribution >= 4 is 23.4 Å². The Hall–Kier alpha value is -4.26. The highest BCUT2D eigenvalue weighted by Gasteiger charge is 2.28. The van der Waals surface area contributed by atoms with E-state index in [0.29, 0.717) is 42.6 Å².